The van der Waals surface area contributed by atoms with Crippen LogP contribution in [0.4, 0.5) is 0 Å². The quantitative estimate of drug-likeness (QED) is 0.394. The van der Waals surface area contributed by atoms with E-state index in [1.807, 2.05) is 29.2 Å². The van der Waals surface area contributed by atoms with Gasteiger partial charge in [-0.1, -0.05) is 53.6 Å². The van der Waals surface area contributed by atoms with Crippen LogP contribution >= 0.6 is 0 Å². The van der Waals surface area contributed by atoms with Crippen molar-refractivity contribution in [3.05, 3.63) is 59.2 Å². The number of hydrogen-bond acceptors (Lipinski definition) is 5. The summed E-state index contributed by atoms with van der Waals surface area (Å²) in [6.07, 6.45) is 8.20. The van der Waals surface area contributed by atoms with Crippen LogP contribution in [0.25, 0.3) is 0 Å². The summed E-state index contributed by atoms with van der Waals surface area (Å²) in [7, 11) is 0. The first-order valence-electron chi connectivity index (χ1n) is 12.4. The van der Waals surface area contributed by atoms with Crippen LogP contribution in [0.5, 0.6) is 0 Å². The zero-order valence-corrected chi connectivity index (χ0v) is 19.7. The Balaban J connectivity index is 1.21. The molecule has 180 valence electrons. The Morgan fingerprint density at radius 3 is 2.94 bits per heavy atom. The van der Waals surface area contributed by atoms with Gasteiger partial charge in [0.15, 0.2) is 0 Å². The monoisotopic (exact) mass is 454 g/mol. The van der Waals surface area contributed by atoms with Gasteiger partial charge in [0, 0.05) is 44.9 Å². The molecule has 6 heteroatoms. The Labute approximate surface area is 197 Å². The molecule has 1 saturated heterocycles. The van der Waals surface area contributed by atoms with E-state index in [4.69, 9.17) is 4.74 Å². The second kappa shape index (κ2) is 11.4. The van der Waals surface area contributed by atoms with Crippen molar-refractivity contribution in [3.8, 4) is 0 Å². The van der Waals surface area contributed by atoms with Crippen molar-refractivity contribution in [2.45, 2.75) is 44.8 Å². The highest BCUT2D eigenvalue weighted by Gasteiger charge is 2.43. The number of rotatable bonds is 9. The number of fused-ring (bicyclic) bond motifs is 1. The average Bonchev–Trinajstić information content (AvgIpc) is 3.32. The van der Waals surface area contributed by atoms with Crippen molar-refractivity contribution in [1.29, 1.82) is 0 Å². The first kappa shape index (κ1) is 24.1. The average molecular weight is 455 g/mol. The lowest BCUT2D eigenvalue weighted by molar-refractivity contribution is -0.135. The lowest BCUT2D eigenvalue weighted by Crippen LogP contribution is -2.41. The molecular weight excluding hydrogens is 416 g/mol. The molecule has 2 aliphatic carbocycles. The number of hydrogen-bond donors (Lipinski definition) is 3. The third-order valence-corrected chi connectivity index (χ3v) is 7.26. The number of aliphatic hydroxyl groups is 2. The van der Waals surface area contributed by atoms with Crippen LogP contribution < -0.4 is 5.32 Å². The van der Waals surface area contributed by atoms with E-state index in [0.29, 0.717) is 57.5 Å². The van der Waals surface area contributed by atoms with Gasteiger partial charge in [-0.15, -0.1) is 0 Å². The van der Waals surface area contributed by atoms with E-state index in [9.17, 15) is 15.0 Å². The van der Waals surface area contributed by atoms with Gasteiger partial charge in [-0.2, -0.15) is 0 Å². The minimum atomic E-state index is -0.544. The van der Waals surface area contributed by atoms with E-state index in [0.717, 1.165) is 24.9 Å². The van der Waals surface area contributed by atoms with E-state index in [1.165, 1.54) is 11.1 Å². The van der Waals surface area contributed by atoms with Gasteiger partial charge in [0.2, 0.25) is 5.91 Å². The number of carbonyl (C=O) groups is 1. The van der Waals surface area contributed by atoms with E-state index >= 15 is 0 Å². The number of amides is 1. The number of benzene rings is 1. The summed E-state index contributed by atoms with van der Waals surface area (Å²) in [5.74, 6) is 1.07. The van der Waals surface area contributed by atoms with Gasteiger partial charge in [-0.05, 0) is 37.2 Å². The molecule has 0 unspecified atom stereocenters. The molecule has 5 atom stereocenters. The van der Waals surface area contributed by atoms with Gasteiger partial charge in [0.05, 0.1) is 25.4 Å². The van der Waals surface area contributed by atoms with E-state index in [-0.39, 0.29) is 17.9 Å². The molecule has 33 heavy (non-hydrogen) atoms. The van der Waals surface area contributed by atoms with Gasteiger partial charge in [0.1, 0.15) is 0 Å². The highest BCUT2D eigenvalue weighted by Crippen LogP contribution is 2.47. The molecule has 0 aromatic heterocycles. The lowest BCUT2D eigenvalue weighted by atomic mass is 9.89. The number of nitrogens with zero attached hydrogens (tertiary/aromatic N) is 1. The van der Waals surface area contributed by atoms with Crippen LogP contribution in [0.3, 0.4) is 0 Å². The van der Waals surface area contributed by atoms with Crippen LogP contribution in [0.2, 0.25) is 0 Å². The Morgan fingerprint density at radius 2 is 2.15 bits per heavy atom. The molecular formula is C27H38N2O4. The summed E-state index contributed by atoms with van der Waals surface area (Å²) in [5.41, 5.74) is 3.69. The normalized spacial score (nSPS) is 28.2. The first-order valence-corrected chi connectivity index (χ1v) is 12.4. The highest BCUT2D eigenvalue weighted by molar-refractivity contribution is 5.76. The van der Waals surface area contributed by atoms with Crippen molar-refractivity contribution in [3.63, 3.8) is 0 Å². The second-order valence-corrected chi connectivity index (χ2v) is 9.80. The fraction of sp³-hybridized carbons (Fsp3) is 0.593. The van der Waals surface area contributed by atoms with Gasteiger partial charge in [0.25, 0.3) is 0 Å². The summed E-state index contributed by atoms with van der Waals surface area (Å²) in [4.78, 5) is 14.1. The van der Waals surface area contributed by atoms with E-state index < -0.39 is 6.10 Å². The molecule has 3 aliphatic rings. The first-order chi connectivity index (χ1) is 16.0. The smallest absolute Gasteiger partial charge is 0.224 e. The minimum Gasteiger partial charge on any atom is -0.392 e. The van der Waals surface area contributed by atoms with Crippen molar-refractivity contribution < 1.29 is 19.7 Å². The van der Waals surface area contributed by atoms with Crippen LogP contribution in [0.15, 0.2) is 48.1 Å². The summed E-state index contributed by atoms with van der Waals surface area (Å²) in [6, 6.07) is 8.22. The number of nitrogens with one attached hydrogen (secondary N) is 1. The van der Waals surface area contributed by atoms with Gasteiger partial charge < -0.3 is 25.2 Å². The molecule has 1 amide bonds. The largest absolute Gasteiger partial charge is 0.392 e. The maximum absolute atomic E-state index is 12.3. The van der Waals surface area contributed by atoms with Crippen molar-refractivity contribution in [2.24, 2.45) is 17.8 Å². The fourth-order valence-corrected chi connectivity index (χ4v) is 5.56. The number of aliphatic hydroxyl groups excluding tert-OH is 2. The van der Waals surface area contributed by atoms with Crippen molar-refractivity contribution in [2.75, 3.05) is 39.4 Å². The van der Waals surface area contributed by atoms with Crippen molar-refractivity contribution in [1.82, 2.24) is 10.2 Å². The van der Waals surface area contributed by atoms with Crippen LogP contribution in [0, 0.1) is 24.7 Å². The maximum atomic E-state index is 12.3. The standard InChI is InChI=1S/C27H38N2O4/c1-19-3-2-4-20(13-19)15-23(30)5-6-24-25-16-21(14-22(25)17-26(24)31)18-28-8-7-27(32)29-9-11-33-12-10-29/h2-6,13-14,22-26,28,30-31H,7-12,15-18H2,1H3/b6-5+/t22-,23-,24+,25-,26+/m0/s1. The molecule has 1 aromatic rings. The van der Waals surface area contributed by atoms with Crippen LogP contribution in [-0.2, 0) is 16.0 Å². The molecule has 0 bridgehead atoms. The molecule has 2 fully saturated rings. The molecule has 0 radical (unpaired) electrons. The van der Waals surface area contributed by atoms with E-state index in [1.54, 1.807) is 0 Å². The minimum absolute atomic E-state index is 0.0822. The van der Waals surface area contributed by atoms with Crippen molar-refractivity contribution >= 4 is 5.91 Å². The zero-order chi connectivity index (χ0) is 23.2. The SMILES string of the molecule is Cc1cccc(C[C@@H](O)/C=C/[C@@H]2[C@H]3CC(CNCCC(=O)N4CCOCC4)=C[C@H]3C[C@H]2O)c1. The summed E-state index contributed by atoms with van der Waals surface area (Å²) >= 11 is 0. The number of morpholine rings is 1. The Kier molecular flexibility index (Phi) is 8.36. The third-order valence-electron chi connectivity index (χ3n) is 7.26. The highest BCUT2D eigenvalue weighted by atomic mass is 16.5. The second-order valence-electron chi connectivity index (χ2n) is 9.80. The predicted molar refractivity (Wildman–Crippen MR) is 129 cm³/mol. The molecule has 1 saturated carbocycles. The summed E-state index contributed by atoms with van der Waals surface area (Å²) in [6.45, 7) is 6.21. The fourth-order valence-electron chi connectivity index (χ4n) is 5.56. The number of allylic oxidation sites excluding steroid dienone is 1. The maximum Gasteiger partial charge on any atom is 0.224 e. The number of aryl methyl sites for hydroxylation is 1. The molecule has 1 heterocycles. The molecule has 3 N–H and O–H groups in total. The molecule has 4 rings (SSSR count). The Bertz CT molecular complexity index is 861. The topological polar surface area (TPSA) is 82.0 Å². The summed E-state index contributed by atoms with van der Waals surface area (Å²) < 4.78 is 5.30. The molecule has 1 aliphatic heterocycles. The Morgan fingerprint density at radius 1 is 1.33 bits per heavy atom. The Hall–Kier alpha value is -1.99. The van der Waals surface area contributed by atoms with Crippen LogP contribution in [-0.4, -0.2) is 72.6 Å². The molecule has 6 nitrogen and oxygen atoms in total. The number of carbonyl (C=O) groups excluding carboxylic acids is 1. The zero-order valence-electron chi connectivity index (χ0n) is 19.7. The predicted octanol–water partition coefficient (Wildman–Crippen LogP) is 2.24. The van der Waals surface area contributed by atoms with Crippen LogP contribution in [0.1, 0.15) is 30.4 Å². The summed E-state index contributed by atoms with van der Waals surface area (Å²) in [5, 5.41) is 24.5. The van der Waals surface area contributed by atoms with Gasteiger partial charge >= 0.3 is 0 Å². The van der Waals surface area contributed by atoms with Gasteiger partial charge in [-0.3, -0.25) is 4.79 Å². The molecule has 1 aromatic carbocycles. The van der Waals surface area contributed by atoms with E-state index in [2.05, 4.69) is 30.4 Å². The van der Waals surface area contributed by atoms with Gasteiger partial charge in [-0.25, -0.2) is 0 Å². The number of ether oxygens (including phenoxy) is 1. The lowest BCUT2D eigenvalue weighted by Gasteiger charge is -2.26. The third kappa shape index (κ3) is 6.54. The molecule has 0 spiro atoms.